The second kappa shape index (κ2) is 8.10. The average molecular weight is 368 g/mol. The van der Waals surface area contributed by atoms with Crippen molar-refractivity contribution >= 4 is 39.1 Å². The lowest BCUT2D eigenvalue weighted by Crippen LogP contribution is -2.37. The highest BCUT2D eigenvalue weighted by Crippen LogP contribution is 2.22. The smallest absolute Gasteiger partial charge is 0.306 e. The highest BCUT2D eigenvalue weighted by atomic mass is 32.1. The molecule has 26 heavy (non-hydrogen) atoms. The highest BCUT2D eigenvalue weighted by Gasteiger charge is 2.22. The number of hydrogen-bond acceptors (Lipinski definition) is 5. The largest absolute Gasteiger partial charge is 0.453 e. The molecule has 0 aliphatic carbocycles. The SMILES string of the molecule is C[C@@H](OC(=O)CCc1nc2ccccc2s1)C(=O)N(C)c1ccccc1. The van der Waals surface area contributed by atoms with Gasteiger partial charge in [-0.05, 0) is 31.2 Å². The third kappa shape index (κ3) is 4.26. The number of amides is 1. The van der Waals surface area contributed by atoms with E-state index >= 15 is 0 Å². The minimum atomic E-state index is -0.830. The zero-order valence-corrected chi connectivity index (χ0v) is 15.5. The van der Waals surface area contributed by atoms with Crippen LogP contribution in [0.4, 0.5) is 5.69 Å². The molecular weight excluding hydrogens is 348 g/mol. The number of carbonyl (C=O) groups excluding carboxylic acids is 2. The number of aromatic nitrogens is 1. The molecule has 0 aliphatic heterocycles. The molecule has 1 amide bonds. The molecule has 0 N–H and O–H groups in total. The predicted octanol–water partition coefficient (Wildman–Crippen LogP) is 3.82. The van der Waals surface area contributed by atoms with Crippen molar-refractivity contribution < 1.29 is 14.3 Å². The van der Waals surface area contributed by atoms with E-state index in [9.17, 15) is 9.59 Å². The van der Waals surface area contributed by atoms with Crippen molar-refractivity contribution in [1.29, 1.82) is 0 Å². The molecule has 0 fully saturated rings. The molecule has 0 unspecified atom stereocenters. The van der Waals surface area contributed by atoms with Gasteiger partial charge in [0.1, 0.15) is 0 Å². The first-order valence-electron chi connectivity index (χ1n) is 8.41. The number of ether oxygens (including phenoxy) is 1. The Balaban J connectivity index is 1.53. The summed E-state index contributed by atoms with van der Waals surface area (Å²) < 4.78 is 6.40. The van der Waals surface area contributed by atoms with Gasteiger partial charge in [0.15, 0.2) is 6.10 Å². The summed E-state index contributed by atoms with van der Waals surface area (Å²) in [6.45, 7) is 1.59. The van der Waals surface area contributed by atoms with Gasteiger partial charge in [0.2, 0.25) is 0 Å². The summed E-state index contributed by atoms with van der Waals surface area (Å²) in [6, 6.07) is 17.1. The molecule has 6 heteroatoms. The number of aryl methyl sites for hydroxylation is 1. The number of esters is 1. The summed E-state index contributed by atoms with van der Waals surface area (Å²) in [4.78, 5) is 30.5. The summed E-state index contributed by atoms with van der Waals surface area (Å²) in [5.74, 6) is -0.656. The minimum absolute atomic E-state index is 0.201. The molecule has 0 radical (unpaired) electrons. The van der Waals surface area contributed by atoms with Crippen LogP contribution in [0.15, 0.2) is 54.6 Å². The van der Waals surface area contributed by atoms with Crippen molar-refractivity contribution in [2.45, 2.75) is 25.9 Å². The third-order valence-corrected chi connectivity index (χ3v) is 5.11. The molecule has 0 saturated heterocycles. The van der Waals surface area contributed by atoms with Crippen molar-refractivity contribution in [3.8, 4) is 0 Å². The molecule has 0 bridgehead atoms. The Kier molecular flexibility index (Phi) is 5.63. The fraction of sp³-hybridized carbons (Fsp3) is 0.250. The zero-order valence-electron chi connectivity index (χ0n) is 14.7. The molecule has 2 aromatic carbocycles. The van der Waals surface area contributed by atoms with E-state index in [0.29, 0.717) is 6.42 Å². The van der Waals surface area contributed by atoms with Crippen LogP contribution in [0.25, 0.3) is 10.2 Å². The third-order valence-electron chi connectivity index (χ3n) is 4.01. The van der Waals surface area contributed by atoms with Gasteiger partial charge in [-0.25, -0.2) is 4.98 Å². The number of nitrogens with zero attached hydrogens (tertiary/aromatic N) is 2. The van der Waals surface area contributed by atoms with E-state index in [4.69, 9.17) is 4.74 Å². The van der Waals surface area contributed by atoms with E-state index in [1.54, 1.807) is 25.3 Å². The Hall–Kier alpha value is -2.73. The fourth-order valence-electron chi connectivity index (χ4n) is 2.59. The van der Waals surface area contributed by atoms with Crippen molar-refractivity contribution in [3.63, 3.8) is 0 Å². The summed E-state index contributed by atoms with van der Waals surface area (Å²) in [5, 5.41) is 0.892. The summed E-state index contributed by atoms with van der Waals surface area (Å²) in [7, 11) is 1.67. The average Bonchev–Trinajstić information content (AvgIpc) is 3.09. The van der Waals surface area contributed by atoms with Gasteiger partial charge in [0, 0.05) is 19.2 Å². The second-order valence-corrected chi connectivity index (χ2v) is 7.06. The molecule has 134 valence electrons. The van der Waals surface area contributed by atoms with Crippen LogP contribution in [-0.2, 0) is 20.7 Å². The first-order chi connectivity index (χ1) is 12.5. The van der Waals surface area contributed by atoms with Gasteiger partial charge < -0.3 is 9.64 Å². The normalized spacial score (nSPS) is 11.9. The van der Waals surface area contributed by atoms with Gasteiger partial charge in [-0.2, -0.15) is 0 Å². The Bertz CT molecular complexity index is 875. The van der Waals surface area contributed by atoms with E-state index < -0.39 is 12.1 Å². The van der Waals surface area contributed by atoms with Crippen LogP contribution in [-0.4, -0.2) is 30.0 Å². The maximum atomic E-state index is 12.4. The molecular formula is C20H20N2O3S. The van der Waals surface area contributed by atoms with Gasteiger partial charge >= 0.3 is 5.97 Å². The highest BCUT2D eigenvalue weighted by molar-refractivity contribution is 7.18. The first-order valence-corrected chi connectivity index (χ1v) is 9.23. The number of anilines is 1. The van der Waals surface area contributed by atoms with E-state index in [-0.39, 0.29) is 12.3 Å². The lowest BCUT2D eigenvalue weighted by molar-refractivity contribution is -0.153. The van der Waals surface area contributed by atoms with Crippen LogP contribution >= 0.6 is 11.3 Å². The number of fused-ring (bicyclic) bond motifs is 1. The Morgan fingerprint density at radius 3 is 2.54 bits per heavy atom. The Morgan fingerprint density at radius 2 is 1.81 bits per heavy atom. The molecule has 3 rings (SSSR count). The lowest BCUT2D eigenvalue weighted by atomic mass is 10.2. The van der Waals surface area contributed by atoms with Crippen molar-refractivity contribution in [1.82, 2.24) is 4.98 Å². The van der Waals surface area contributed by atoms with Gasteiger partial charge in [0.25, 0.3) is 5.91 Å². The van der Waals surface area contributed by atoms with Crippen molar-refractivity contribution in [2.24, 2.45) is 0 Å². The molecule has 0 saturated carbocycles. The topological polar surface area (TPSA) is 59.5 Å². The molecule has 1 atom stereocenters. The number of benzene rings is 2. The van der Waals surface area contributed by atoms with E-state index in [2.05, 4.69) is 4.98 Å². The monoisotopic (exact) mass is 368 g/mol. The van der Waals surface area contributed by atoms with Crippen LogP contribution in [0, 0.1) is 0 Å². The van der Waals surface area contributed by atoms with Crippen molar-refractivity contribution in [3.05, 3.63) is 59.6 Å². The standard InChI is InChI=1S/C20H20N2O3S/c1-14(20(24)22(2)15-8-4-3-5-9-15)25-19(23)13-12-18-21-16-10-6-7-11-17(16)26-18/h3-11,14H,12-13H2,1-2H3/t14-/m1/s1. The van der Waals surface area contributed by atoms with Crippen LogP contribution in [0.2, 0.25) is 0 Å². The van der Waals surface area contributed by atoms with Gasteiger partial charge in [-0.15, -0.1) is 11.3 Å². The number of carbonyl (C=O) groups is 2. The summed E-state index contributed by atoms with van der Waals surface area (Å²) in [5.41, 5.74) is 1.70. The summed E-state index contributed by atoms with van der Waals surface area (Å²) >= 11 is 1.57. The van der Waals surface area contributed by atoms with E-state index in [0.717, 1.165) is 20.9 Å². The number of likely N-dealkylation sites (N-methyl/N-ethyl adjacent to an activating group) is 1. The maximum absolute atomic E-state index is 12.4. The van der Waals surface area contributed by atoms with E-state index in [1.165, 1.54) is 4.90 Å². The number of hydrogen-bond donors (Lipinski definition) is 0. The number of para-hydroxylation sites is 2. The maximum Gasteiger partial charge on any atom is 0.306 e. The molecule has 1 heterocycles. The lowest BCUT2D eigenvalue weighted by Gasteiger charge is -2.21. The zero-order chi connectivity index (χ0) is 18.5. The Labute approximate surface area is 156 Å². The summed E-state index contributed by atoms with van der Waals surface area (Å²) in [6.07, 6.45) is -0.122. The van der Waals surface area contributed by atoms with Crippen LogP contribution in [0.5, 0.6) is 0 Å². The van der Waals surface area contributed by atoms with Crippen molar-refractivity contribution in [2.75, 3.05) is 11.9 Å². The van der Waals surface area contributed by atoms with Crippen LogP contribution in [0.1, 0.15) is 18.4 Å². The van der Waals surface area contributed by atoms with E-state index in [1.807, 2.05) is 54.6 Å². The Morgan fingerprint density at radius 1 is 1.12 bits per heavy atom. The van der Waals surface area contributed by atoms with Gasteiger partial charge in [-0.1, -0.05) is 30.3 Å². The van der Waals surface area contributed by atoms with Gasteiger partial charge in [0.05, 0.1) is 21.6 Å². The number of rotatable bonds is 6. The predicted molar refractivity (Wildman–Crippen MR) is 103 cm³/mol. The minimum Gasteiger partial charge on any atom is -0.453 e. The second-order valence-electron chi connectivity index (χ2n) is 5.94. The number of thiazole rings is 1. The molecule has 0 spiro atoms. The molecule has 3 aromatic rings. The molecule has 1 aromatic heterocycles. The van der Waals surface area contributed by atoms with Crippen LogP contribution < -0.4 is 4.90 Å². The quantitative estimate of drug-likeness (QED) is 0.621. The first kappa shape index (κ1) is 18.1. The molecule has 0 aliphatic rings. The fourth-order valence-corrected chi connectivity index (χ4v) is 3.56. The van der Waals surface area contributed by atoms with Crippen LogP contribution in [0.3, 0.4) is 0 Å². The molecule has 5 nitrogen and oxygen atoms in total. The van der Waals surface area contributed by atoms with Gasteiger partial charge in [-0.3, -0.25) is 9.59 Å².